The molecule has 5 nitrogen and oxygen atoms in total. The highest BCUT2D eigenvalue weighted by Crippen LogP contribution is 2.11. The van der Waals surface area contributed by atoms with Crippen LogP contribution in [-0.2, 0) is 14.8 Å². The lowest BCUT2D eigenvalue weighted by atomic mass is 10.2. The summed E-state index contributed by atoms with van der Waals surface area (Å²) in [6.45, 7) is 0. The number of carbonyl (C=O) groups is 1. The highest BCUT2D eigenvalue weighted by atomic mass is 32.2. The van der Waals surface area contributed by atoms with Crippen LogP contribution in [0.15, 0.2) is 29.2 Å². The minimum atomic E-state index is -3.77. The van der Waals surface area contributed by atoms with Crippen LogP contribution in [0.4, 0.5) is 0 Å². The molecule has 0 bridgehead atoms. The van der Waals surface area contributed by atoms with Gasteiger partial charge in [0.25, 0.3) is 0 Å². The summed E-state index contributed by atoms with van der Waals surface area (Å²) in [6, 6.07) is 5.40. The van der Waals surface area contributed by atoms with Crippen LogP contribution in [0.25, 0.3) is 0 Å². The van der Waals surface area contributed by atoms with Gasteiger partial charge in [-0.3, -0.25) is 4.79 Å². The molecular formula is C8H8NO4S. The van der Waals surface area contributed by atoms with E-state index in [1.807, 2.05) is 0 Å². The first-order chi connectivity index (χ1) is 6.39. The third-order valence-electron chi connectivity index (χ3n) is 1.48. The summed E-state index contributed by atoms with van der Waals surface area (Å²) >= 11 is 0. The molecule has 3 N–H and O–H groups in total. The van der Waals surface area contributed by atoms with Gasteiger partial charge in [0.2, 0.25) is 10.0 Å². The van der Waals surface area contributed by atoms with E-state index in [1.165, 1.54) is 24.3 Å². The van der Waals surface area contributed by atoms with E-state index in [0.717, 1.165) is 6.42 Å². The second kappa shape index (κ2) is 3.77. The Morgan fingerprint density at radius 3 is 2.57 bits per heavy atom. The van der Waals surface area contributed by atoms with Crippen LogP contribution in [0.5, 0.6) is 0 Å². The van der Waals surface area contributed by atoms with Crippen LogP contribution >= 0.6 is 0 Å². The summed E-state index contributed by atoms with van der Waals surface area (Å²) in [6.07, 6.45) is 0.898. The Hall–Kier alpha value is -1.40. The minimum absolute atomic E-state index is 0.104. The van der Waals surface area contributed by atoms with E-state index in [2.05, 4.69) is 0 Å². The van der Waals surface area contributed by atoms with E-state index >= 15 is 0 Å². The molecule has 0 atom stereocenters. The molecule has 0 aliphatic rings. The van der Waals surface area contributed by atoms with E-state index in [1.54, 1.807) is 0 Å². The van der Waals surface area contributed by atoms with Crippen molar-refractivity contribution in [3.63, 3.8) is 0 Å². The molecule has 0 aromatic heterocycles. The number of aliphatic carboxylic acids is 1. The molecular weight excluding hydrogens is 206 g/mol. The molecule has 0 saturated carbocycles. The fourth-order valence-electron chi connectivity index (χ4n) is 0.924. The number of sulfonamides is 1. The standard InChI is InChI=1S/C8H8NO4S/c9-14(12,13)7-3-1-2-6(4-7)5-8(10)11/h1-5H,(H,10,11)(H2,9,12,13). The quantitative estimate of drug-likeness (QED) is 0.738. The maximum absolute atomic E-state index is 10.9. The monoisotopic (exact) mass is 214 g/mol. The first-order valence-electron chi connectivity index (χ1n) is 3.60. The summed E-state index contributed by atoms with van der Waals surface area (Å²) < 4.78 is 21.8. The highest BCUT2D eigenvalue weighted by Gasteiger charge is 2.09. The van der Waals surface area contributed by atoms with Crippen molar-refractivity contribution in [2.75, 3.05) is 0 Å². The lowest BCUT2D eigenvalue weighted by molar-refractivity contribution is -0.132. The SMILES string of the molecule is NS(=O)(=O)c1cccc([CH]C(=O)O)c1. The molecule has 1 rings (SSSR count). The van der Waals surface area contributed by atoms with Gasteiger partial charge in [-0.2, -0.15) is 0 Å². The molecule has 0 saturated heterocycles. The zero-order valence-corrected chi connectivity index (χ0v) is 7.86. The van der Waals surface area contributed by atoms with Crippen molar-refractivity contribution in [2.24, 2.45) is 5.14 Å². The Morgan fingerprint density at radius 1 is 1.43 bits per heavy atom. The van der Waals surface area contributed by atoms with E-state index in [0.29, 0.717) is 0 Å². The van der Waals surface area contributed by atoms with E-state index < -0.39 is 16.0 Å². The number of carboxylic acids is 1. The summed E-state index contributed by atoms with van der Waals surface area (Å²) in [7, 11) is -3.77. The Kier molecular flexibility index (Phi) is 2.87. The Labute approximate surface area is 81.2 Å². The van der Waals surface area contributed by atoms with Gasteiger partial charge in [0, 0.05) is 0 Å². The van der Waals surface area contributed by atoms with Crippen molar-refractivity contribution >= 4 is 16.0 Å². The molecule has 14 heavy (non-hydrogen) atoms. The molecule has 0 fully saturated rings. The number of primary sulfonamides is 1. The van der Waals surface area contributed by atoms with Crippen molar-refractivity contribution in [3.05, 3.63) is 36.2 Å². The van der Waals surface area contributed by atoms with E-state index in [9.17, 15) is 13.2 Å². The molecule has 0 aliphatic heterocycles. The van der Waals surface area contributed by atoms with Gasteiger partial charge < -0.3 is 5.11 Å². The number of hydrogen-bond acceptors (Lipinski definition) is 3. The van der Waals surface area contributed by atoms with E-state index in [-0.39, 0.29) is 10.5 Å². The molecule has 75 valence electrons. The van der Waals surface area contributed by atoms with Crippen LogP contribution in [0.1, 0.15) is 5.56 Å². The maximum Gasteiger partial charge on any atom is 0.312 e. The zero-order chi connectivity index (χ0) is 10.8. The maximum atomic E-state index is 10.9. The average molecular weight is 214 g/mol. The predicted octanol–water partition coefficient (Wildman–Crippen LogP) is -0.0290. The Balaban J connectivity index is 3.08. The summed E-state index contributed by atoms with van der Waals surface area (Å²) in [5, 5.41) is 13.3. The number of benzene rings is 1. The van der Waals surface area contributed by atoms with Crippen molar-refractivity contribution in [2.45, 2.75) is 4.90 Å². The lowest BCUT2D eigenvalue weighted by Gasteiger charge is -2.00. The normalized spacial score (nSPS) is 11.2. The number of rotatable bonds is 3. The second-order valence-corrected chi connectivity index (χ2v) is 4.16. The van der Waals surface area contributed by atoms with Crippen LogP contribution in [0, 0.1) is 6.42 Å². The molecule has 0 aliphatic carbocycles. The largest absolute Gasteiger partial charge is 0.481 e. The number of carboxylic acid groups (broad SMARTS) is 1. The van der Waals surface area contributed by atoms with Gasteiger partial charge in [0.1, 0.15) is 0 Å². The number of nitrogens with two attached hydrogens (primary N) is 1. The molecule has 1 radical (unpaired) electrons. The van der Waals surface area contributed by atoms with Gasteiger partial charge in [-0.1, -0.05) is 12.1 Å². The van der Waals surface area contributed by atoms with Gasteiger partial charge in [-0.25, -0.2) is 13.6 Å². The molecule has 0 spiro atoms. The lowest BCUT2D eigenvalue weighted by Crippen LogP contribution is -2.12. The van der Waals surface area contributed by atoms with Gasteiger partial charge >= 0.3 is 5.97 Å². The smallest absolute Gasteiger partial charge is 0.312 e. The molecule has 6 heteroatoms. The Morgan fingerprint density at radius 2 is 2.07 bits per heavy atom. The van der Waals surface area contributed by atoms with E-state index in [4.69, 9.17) is 10.2 Å². The summed E-state index contributed by atoms with van der Waals surface area (Å²) in [5.41, 5.74) is 0.282. The van der Waals surface area contributed by atoms with Crippen LogP contribution < -0.4 is 5.14 Å². The van der Waals surface area contributed by atoms with Crippen molar-refractivity contribution in [1.29, 1.82) is 0 Å². The predicted molar refractivity (Wildman–Crippen MR) is 48.9 cm³/mol. The van der Waals surface area contributed by atoms with Crippen LogP contribution in [-0.4, -0.2) is 19.5 Å². The molecule has 0 unspecified atom stereocenters. The van der Waals surface area contributed by atoms with Crippen LogP contribution in [0.3, 0.4) is 0 Å². The molecule has 0 amide bonds. The van der Waals surface area contributed by atoms with Gasteiger partial charge in [-0.05, 0) is 17.7 Å². The van der Waals surface area contributed by atoms with Gasteiger partial charge in [0.05, 0.1) is 11.3 Å². The van der Waals surface area contributed by atoms with Gasteiger partial charge in [0.15, 0.2) is 0 Å². The third-order valence-corrected chi connectivity index (χ3v) is 2.39. The van der Waals surface area contributed by atoms with Crippen molar-refractivity contribution in [3.8, 4) is 0 Å². The Bertz CT molecular complexity index is 452. The summed E-state index contributed by atoms with van der Waals surface area (Å²) in [5.74, 6) is -1.14. The zero-order valence-electron chi connectivity index (χ0n) is 7.04. The second-order valence-electron chi connectivity index (χ2n) is 2.60. The van der Waals surface area contributed by atoms with Crippen molar-refractivity contribution < 1.29 is 18.3 Å². The number of hydrogen-bond donors (Lipinski definition) is 2. The highest BCUT2D eigenvalue weighted by molar-refractivity contribution is 7.89. The third kappa shape index (κ3) is 2.82. The van der Waals surface area contributed by atoms with Crippen molar-refractivity contribution in [1.82, 2.24) is 0 Å². The average Bonchev–Trinajstić information content (AvgIpc) is 2.01. The molecule has 0 heterocycles. The first-order valence-corrected chi connectivity index (χ1v) is 5.15. The fraction of sp³-hybridized carbons (Fsp3) is 0. The minimum Gasteiger partial charge on any atom is -0.481 e. The summed E-state index contributed by atoms with van der Waals surface area (Å²) in [4.78, 5) is 10.2. The molecule has 1 aromatic carbocycles. The van der Waals surface area contributed by atoms with Gasteiger partial charge in [-0.15, -0.1) is 0 Å². The fourth-order valence-corrected chi connectivity index (χ4v) is 1.49. The first kappa shape index (κ1) is 10.7. The topological polar surface area (TPSA) is 97.5 Å². The van der Waals surface area contributed by atoms with Crippen LogP contribution in [0.2, 0.25) is 0 Å². The molecule has 1 aromatic rings.